The van der Waals surface area contributed by atoms with Gasteiger partial charge in [0, 0.05) is 20.4 Å². The number of imidazole rings is 1. The Hall–Kier alpha value is -3.86. The average molecular weight is 976 g/mol. The van der Waals surface area contributed by atoms with Crippen LogP contribution in [0.4, 0.5) is 10.3 Å². The largest absolute Gasteiger partial charge is 0.537 e. The summed E-state index contributed by atoms with van der Waals surface area (Å²) in [4.78, 5) is 62.7. The van der Waals surface area contributed by atoms with Gasteiger partial charge in [0.1, 0.15) is 0 Å². The molecule has 0 aliphatic carbocycles. The summed E-state index contributed by atoms with van der Waals surface area (Å²) in [5.41, 5.74) is -6.14. The molecule has 0 radical (unpaired) electrons. The third-order valence-corrected chi connectivity index (χ3v) is 11.5. The van der Waals surface area contributed by atoms with Crippen LogP contribution in [-0.4, -0.2) is 109 Å². The molecule has 0 unspecified atom stereocenters. The van der Waals surface area contributed by atoms with Crippen LogP contribution in [0.3, 0.4) is 0 Å². The number of esters is 4. The highest BCUT2D eigenvalue weighted by Gasteiger charge is 2.55. The van der Waals surface area contributed by atoms with Crippen molar-refractivity contribution < 1.29 is 90.0 Å². The fourth-order valence-corrected chi connectivity index (χ4v) is 7.08. The van der Waals surface area contributed by atoms with Crippen LogP contribution in [0.1, 0.15) is 111 Å². The van der Waals surface area contributed by atoms with Crippen molar-refractivity contribution in [3.05, 3.63) is 6.33 Å². The Balaban J connectivity index is 2.05. The lowest BCUT2D eigenvalue weighted by Crippen LogP contribution is -2.39. The molecular weight excluding hydrogens is 907 g/mol. The summed E-state index contributed by atoms with van der Waals surface area (Å²) in [6.07, 6.45) is -2.69. The first-order valence-electron chi connectivity index (χ1n) is 21.4. The number of alkyl halides is 1. The molecule has 2 aromatic rings. The Labute approximate surface area is 380 Å². The number of nitrogens with zero attached hydrogens (tertiary/aromatic N) is 4. The fraction of sp³-hybridized carbons (Fsp3) is 0.769. The molecule has 0 aromatic carbocycles. The minimum Gasteiger partial charge on any atom is -0.437 e. The summed E-state index contributed by atoms with van der Waals surface area (Å²) < 4.78 is 120. The highest BCUT2D eigenvalue weighted by Crippen LogP contribution is 2.54. The molecule has 2 N–H and O–H groups in total. The van der Waals surface area contributed by atoms with Crippen molar-refractivity contribution in [3.8, 4) is 5.88 Å². The summed E-state index contributed by atoms with van der Waals surface area (Å²) >= 11 is 0. The number of hydrogen-bond acceptors (Lipinski definition) is 22. The number of carbonyl (C=O) groups is 4. The molecular formula is C39H64FN5O18P2. The zero-order chi connectivity index (χ0) is 50.8. The van der Waals surface area contributed by atoms with E-state index in [1.807, 2.05) is 0 Å². The van der Waals surface area contributed by atoms with Crippen LogP contribution in [0, 0.1) is 27.6 Å². The third-order valence-electron chi connectivity index (χ3n) is 8.97. The Morgan fingerprint density at radius 1 is 0.800 bits per heavy atom. The van der Waals surface area contributed by atoms with Crippen molar-refractivity contribution >= 4 is 56.6 Å². The van der Waals surface area contributed by atoms with Crippen LogP contribution in [0.2, 0.25) is 0 Å². The molecule has 0 saturated carbocycles. The second-order valence-corrected chi connectivity index (χ2v) is 22.2. The molecule has 1 saturated heterocycles. The second kappa shape index (κ2) is 21.8. The standard InChI is InChI=1S/C39H64FN5O18P2/c1-15-41-34-43-27-26(28(44-34)63-65(52,60-22-55-32(49)37(8,9)10)61-23-56-33(50)38(11,12)13)42-19-45(27)29-25(40)24(16-17-46)39(14,62-29)18-57-64(51,58-20-53-30(47)35(2,3)4)59-21-54-31(48)36(5,6)7/h19,24-25,29,46H,15-18,20-23H2,1-14H3,(H,41,43,44)/t24-,25+,29+,39+/m0/s1/i1T,46T. The van der Waals surface area contributed by atoms with E-state index >= 15 is 4.39 Å². The molecule has 0 amide bonds. The van der Waals surface area contributed by atoms with Crippen molar-refractivity contribution in [1.82, 2.24) is 19.5 Å². The first-order chi connectivity index (χ1) is 30.8. The van der Waals surface area contributed by atoms with E-state index in [0.29, 0.717) is 0 Å². The SMILES string of the molecule is [3H]CCNc1nc(OP(=O)(OCOC(=O)C(C)(C)C)OCOC(=O)C(C)(C)C)c2ncn([C@@H]3O[C@](C)(COP(=O)(OCOC(=O)C(C)(C)C)OCOC(=O)C(C)(C)C)[C@@H](CCO[3H])[C@H]3F)c2n1. The van der Waals surface area contributed by atoms with E-state index < -0.39 is 125 Å². The maximum atomic E-state index is 17.0. The first-order valence-corrected chi connectivity index (χ1v) is 23.2. The van der Waals surface area contributed by atoms with E-state index in [2.05, 4.69) is 25.4 Å². The number of aromatic nitrogens is 4. The smallest absolute Gasteiger partial charge is 0.437 e. The maximum absolute atomic E-state index is 17.0. The molecule has 2 aromatic heterocycles. The normalized spacial score (nSPS) is 20.2. The number of nitrogens with one attached hydrogen (secondary N) is 1. The number of aliphatic hydroxyl groups is 1. The minimum absolute atomic E-state index is 0.0134. The van der Waals surface area contributed by atoms with Crippen molar-refractivity contribution in [2.75, 3.05) is 52.2 Å². The highest BCUT2D eigenvalue weighted by molar-refractivity contribution is 7.49. The molecule has 1 fully saturated rings. The van der Waals surface area contributed by atoms with E-state index in [0.717, 1.165) is 10.9 Å². The molecule has 3 heterocycles. The van der Waals surface area contributed by atoms with Gasteiger partial charge < -0.3 is 38.6 Å². The molecule has 3 rings (SSSR count). The molecule has 1 aliphatic heterocycles. The Morgan fingerprint density at radius 3 is 1.69 bits per heavy atom. The van der Waals surface area contributed by atoms with Gasteiger partial charge >= 0.3 is 39.5 Å². The zero-order valence-electron chi connectivity index (χ0n) is 41.1. The molecule has 370 valence electrons. The quantitative estimate of drug-likeness (QED) is 0.0504. The third kappa shape index (κ3) is 15.6. The van der Waals surface area contributed by atoms with Gasteiger partial charge in [0.15, 0.2) is 23.6 Å². The number of fused-ring (bicyclic) bond motifs is 1. The van der Waals surface area contributed by atoms with Crippen molar-refractivity contribution in [1.29, 1.82) is 1.43 Å². The van der Waals surface area contributed by atoms with Crippen molar-refractivity contribution in [3.63, 3.8) is 0 Å². The number of anilines is 1. The summed E-state index contributed by atoms with van der Waals surface area (Å²) in [5, 5.41) is 7.30. The van der Waals surface area contributed by atoms with Gasteiger partial charge in [-0.25, -0.2) is 36.6 Å². The Morgan fingerprint density at radius 2 is 1.26 bits per heavy atom. The number of halogens is 1. The monoisotopic (exact) mass is 975 g/mol. The number of ether oxygens (including phenoxy) is 5. The van der Waals surface area contributed by atoms with Gasteiger partial charge in [-0.05, 0) is 103 Å². The van der Waals surface area contributed by atoms with E-state index in [1.165, 1.54) is 6.92 Å². The van der Waals surface area contributed by atoms with Crippen LogP contribution < -0.4 is 9.84 Å². The van der Waals surface area contributed by atoms with Crippen LogP contribution in [0.5, 0.6) is 5.88 Å². The van der Waals surface area contributed by atoms with Gasteiger partial charge in [0.05, 0.1) is 40.2 Å². The Bertz CT molecular complexity index is 2050. The number of phosphoric ester groups is 2. The van der Waals surface area contributed by atoms with Gasteiger partial charge in [-0.2, -0.15) is 9.97 Å². The molecule has 26 heteroatoms. The summed E-state index contributed by atoms with van der Waals surface area (Å²) in [6, 6.07) is 0. The number of carbonyl (C=O) groups excluding carboxylic acids is 4. The Kier molecular flexibility index (Phi) is 17.5. The van der Waals surface area contributed by atoms with Crippen molar-refractivity contribution in [2.45, 2.75) is 121 Å². The van der Waals surface area contributed by atoms with Crippen LogP contribution in [-0.2, 0) is 74.6 Å². The lowest BCUT2D eigenvalue weighted by Gasteiger charge is -2.31. The van der Waals surface area contributed by atoms with Crippen LogP contribution in [0.25, 0.3) is 11.2 Å². The van der Waals surface area contributed by atoms with Gasteiger partial charge in [-0.1, -0.05) is 0 Å². The predicted molar refractivity (Wildman–Crippen MR) is 226 cm³/mol. The lowest BCUT2D eigenvalue weighted by molar-refractivity contribution is -0.165. The summed E-state index contributed by atoms with van der Waals surface area (Å²) in [5.74, 6) is -4.95. The molecule has 0 spiro atoms. The van der Waals surface area contributed by atoms with Crippen molar-refractivity contribution in [2.24, 2.45) is 27.6 Å². The number of hydrogen-bond donors (Lipinski definition) is 2. The van der Waals surface area contributed by atoms with E-state index in [4.69, 9.17) is 53.6 Å². The van der Waals surface area contributed by atoms with Gasteiger partial charge in [-0.3, -0.25) is 28.3 Å². The van der Waals surface area contributed by atoms with Crippen LogP contribution in [0.15, 0.2) is 6.33 Å². The fourth-order valence-electron chi connectivity index (χ4n) is 5.20. The highest BCUT2D eigenvalue weighted by atomic mass is 31.2. The summed E-state index contributed by atoms with van der Waals surface area (Å²) in [7, 11) is -9.79. The van der Waals surface area contributed by atoms with Gasteiger partial charge in [0.2, 0.25) is 34.6 Å². The molecule has 65 heavy (non-hydrogen) atoms. The molecule has 4 atom stereocenters. The molecule has 1 aliphatic rings. The van der Waals surface area contributed by atoms with Gasteiger partial charge in [0.25, 0.3) is 5.88 Å². The molecule has 23 nitrogen and oxygen atoms in total. The topological polar surface area (TPSA) is 280 Å². The summed E-state index contributed by atoms with van der Waals surface area (Å²) in [6.45, 7) is 15.3. The maximum Gasteiger partial charge on any atom is 0.537 e. The lowest BCUT2D eigenvalue weighted by atomic mass is 9.86. The van der Waals surface area contributed by atoms with Gasteiger partial charge in [-0.15, -0.1) is 0 Å². The molecule has 0 bridgehead atoms. The number of phosphoric acid groups is 2. The zero-order valence-corrected chi connectivity index (χ0v) is 40.9. The van der Waals surface area contributed by atoms with E-state index in [-0.39, 0.29) is 43.6 Å². The minimum atomic E-state index is -4.97. The second-order valence-electron chi connectivity index (χ2n) is 18.9. The van der Waals surface area contributed by atoms with E-state index in [9.17, 15) is 28.3 Å². The number of aliphatic hydroxyl groups excluding tert-OH is 1. The van der Waals surface area contributed by atoms with Crippen LogP contribution >= 0.6 is 15.6 Å². The number of rotatable bonds is 23. The predicted octanol–water partition coefficient (Wildman–Crippen LogP) is 6.75. The first kappa shape index (κ1) is 52.1. The van der Waals surface area contributed by atoms with E-state index in [1.54, 1.807) is 83.1 Å². The average Bonchev–Trinajstić information content (AvgIpc) is 3.74.